The van der Waals surface area contributed by atoms with Gasteiger partial charge in [-0.3, -0.25) is 0 Å². The van der Waals surface area contributed by atoms with Gasteiger partial charge in [-0.1, -0.05) is 29.3 Å². The smallest absolute Gasteiger partial charge is 0.254 e. The number of hydrogen-bond donors (Lipinski definition) is 0. The molecule has 0 bridgehead atoms. The Morgan fingerprint density at radius 1 is 1.09 bits per heavy atom. The lowest BCUT2D eigenvalue weighted by Crippen LogP contribution is -1.95. The average molecular weight is 339 g/mol. The van der Waals surface area contributed by atoms with Gasteiger partial charge in [0.2, 0.25) is 5.89 Å². The Bertz CT molecular complexity index is 808. The highest BCUT2D eigenvalue weighted by atomic mass is 35.5. The molecule has 0 aliphatic heterocycles. The van der Waals surface area contributed by atoms with E-state index < -0.39 is 0 Å². The second-order valence-corrected chi connectivity index (χ2v) is 5.21. The predicted molar refractivity (Wildman–Crippen MR) is 80.5 cm³/mol. The molecule has 1 heterocycles. The molecular formula is C15H9Cl2FN2O2. The van der Waals surface area contributed by atoms with Gasteiger partial charge in [-0.25, -0.2) is 4.39 Å². The molecule has 0 unspecified atom stereocenters. The number of benzene rings is 2. The summed E-state index contributed by atoms with van der Waals surface area (Å²) in [6, 6.07) is 10.7. The van der Waals surface area contributed by atoms with E-state index in [0.29, 0.717) is 21.4 Å². The zero-order valence-electron chi connectivity index (χ0n) is 11.1. The maximum Gasteiger partial charge on any atom is 0.254 e. The number of rotatable bonds is 4. The van der Waals surface area contributed by atoms with E-state index in [0.717, 1.165) is 0 Å². The highest BCUT2D eigenvalue weighted by molar-refractivity contribution is 6.36. The van der Waals surface area contributed by atoms with Gasteiger partial charge in [-0.15, -0.1) is 10.2 Å². The molecule has 2 aromatic carbocycles. The van der Waals surface area contributed by atoms with Crippen LogP contribution in [-0.4, -0.2) is 10.2 Å². The molecule has 0 saturated carbocycles. The minimum Gasteiger partial charge on any atom is -0.484 e. The van der Waals surface area contributed by atoms with Crippen LogP contribution in [0, 0.1) is 5.82 Å². The highest BCUT2D eigenvalue weighted by Gasteiger charge is 2.12. The van der Waals surface area contributed by atoms with Gasteiger partial charge in [-0.05, 0) is 30.3 Å². The molecule has 1 aromatic heterocycles. The van der Waals surface area contributed by atoms with Crippen LogP contribution in [0.3, 0.4) is 0 Å². The number of ether oxygens (including phenoxy) is 1. The highest BCUT2D eigenvalue weighted by Crippen LogP contribution is 2.29. The summed E-state index contributed by atoms with van der Waals surface area (Å²) < 4.78 is 23.9. The Balaban J connectivity index is 1.73. The summed E-state index contributed by atoms with van der Waals surface area (Å²) in [7, 11) is 0. The largest absolute Gasteiger partial charge is 0.484 e. The Morgan fingerprint density at radius 2 is 1.95 bits per heavy atom. The van der Waals surface area contributed by atoms with E-state index in [2.05, 4.69) is 10.2 Å². The lowest BCUT2D eigenvalue weighted by Gasteiger charge is -2.02. The fourth-order valence-corrected chi connectivity index (χ4v) is 2.27. The normalized spacial score (nSPS) is 10.7. The molecule has 0 fully saturated rings. The van der Waals surface area contributed by atoms with Gasteiger partial charge in [0.05, 0.1) is 10.6 Å². The Kier molecular flexibility index (Phi) is 4.27. The second-order valence-electron chi connectivity index (χ2n) is 4.37. The quantitative estimate of drug-likeness (QED) is 0.687. The third-order valence-electron chi connectivity index (χ3n) is 2.79. The Labute approximate surface area is 135 Å². The van der Waals surface area contributed by atoms with Crippen molar-refractivity contribution >= 4 is 23.2 Å². The van der Waals surface area contributed by atoms with Gasteiger partial charge in [0.25, 0.3) is 5.89 Å². The maximum absolute atomic E-state index is 13.0. The molecule has 0 atom stereocenters. The standard InChI is InChI=1S/C15H9Cl2FN2O2/c16-9-4-5-12(13(17)6-9)15-20-19-14(22-15)8-21-11-3-1-2-10(18)7-11/h1-7H,8H2. The van der Waals surface area contributed by atoms with Gasteiger partial charge >= 0.3 is 0 Å². The van der Waals surface area contributed by atoms with E-state index in [-0.39, 0.29) is 24.2 Å². The van der Waals surface area contributed by atoms with Gasteiger partial charge in [-0.2, -0.15) is 0 Å². The fraction of sp³-hybridized carbons (Fsp3) is 0.0667. The van der Waals surface area contributed by atoms with Crippen molar-refractivity contribution in [2.75, 3.05) is 0 Å². The van der Waals surface area contributed by atoms with Crippen molar-refractivity contribution in [3.63, 3.8) is 0 Å². The summed E-state index contributed by atoms with van der Waals surface area (Å²) in [6.45, 7) is 0.0294. The van der Waals surface area contributed by atoms with Crippen molar-refractivity contribution in [3.05, 3.63) is 64.2 Å². The van der Waals surface area contributed by atoms with Crippen LogP contribution in [0.4, 0.5) is 4.39 Å². The lowest BCUT2D eigenvalue weighted by atomic mass is 10.2. The van der Waals surface area contributed by atoms with Crippen LogP contribution in [0.25, 0.3) is 11.5 Å². The molecule has 0 spiro atoms. The molecule has 0 saturated heterocycles. The fourth-order valence-electron chi connectivity index (χ4n) is 1.79. The molecule has 0 N–H and O–H groups in total. The van der Waals surface area contributed by atoms with Crippen molar-refractivity contribution in [2.45, 2.75) is 6.61 Å². The van der Waals surface area contributed by atoms with E-state index in [1.54, 1.807) is 30.3 Å². The van der Waals surface area contributed by atoms with Gasteiger partial charge in [0.1, 0.15) is 11.6 Å². The molecule has 3 aromatic rings. The molecule has 0 aliphatic rings. The number of nitrogens with zero attached hydrogens (tertiary/aromatic N) is 2. The van der Waals surface area contributed by atoms with E-state index >= 15 is 0 Å². The van der Waals surface area contributed by atoms with Gasteiger partial charge in [0.15, 0.2) is 6.61 Å². The SMILES string of the molecule is Fc1cccc(OCc2nnc(-c3ccc(Cl)cc3Cl)o2)c1. The molecule has 4 nitrogen and oxygen atoms in total. The first-order valence-corrected chi connectivity index (χ1v) is 7.03. The number of aromatic nitrogens is 2. The van der Waals surface area contributed by atoms with Crippen LogP contribution in [0.5, 0.6) is 5.75 Å². The summed E-state index contributed by atoms with van der Waals surface area (Å²) in [5, 5.41) is 8.70. The van der Waals surface area contributed by atoms with Gasteiger partial charge in [0, 0.05) is 11.1 Å². The zero-order valence-corrected chi connectivity index (χ0v) is 12.6. The molecule has 0 aliphatic carbocycles. The van der Waals surface area contributed by atoms with Crippen molar-refractivity contribution in [1.29, 1.82) is 0 Å². The summed E-state index contributed by atoms with van der Waals surface area (Å²) >= 11 is 11.9. The van der Waals surface area contributed by atoms with Crippen molar-refractivity contribution in [2.24, 2.45) is 0 Å². The summed E-state index contributed by atoms with van der Waals surface area (Å²) in [6.07, 6.45) is 0. The van der Waals surface area contributed by atoms with Crippen LogP contribution >= 0.6 is 23.2 Å². The second kappa shape index (κ2) is 6.34. The van der Waals surface area contributed by atoms with Crippen LogP contribution in [0.1, 0.15) is 5.89 Å². The minimum atomic E-state index is -0.378. The third kappa shape index (κ3) is 3.37. The van der Waals surface area contributed by atoms with Crippen molar-refractivity contribution in [3.8, 4) is 17.2 Å². The van der Waals surface area contributed by atoms with E-state index in [9.17, 15) is 4.39 Å². The molecule has 3 rings (SSSR count). The van der Waals surface area contributed by atoms with Crippen molar-refractivity contribution < 1.29 is 13.5 Å². The van der Waals surface area contributed by atoms with Crippen LogP contribution in [0.2, 0.25) is 10.0 Å². The zero-order chi connectivity index (χ0) is 15.5. The minimum absolute atomic E-state index is 0.0294. The molecule has 0 amide bonds. The summed E-state index contributed by atoms with van der Waals surface area (Å²) in [5.41, 5.74) is 0.579. The van der Waals surface area contributed by atoms with Crippen LogP contribution in [-0.2, 0) is 6.61 Å². The Hall–Kier alpha value is -2.11. The molecule has 22 heavy (non-hydrogen) atoms. The maximum atomic E-state index is 13.0. The van der Waals surface area contributed by atoms with E-state index in [4.69, 9.17) is 32.4 Å². The molecule has 7 heteroatoms. The molecular weight excluding hydrogens is 330 g/mol. The monoisotopic (exact) mass is 338 g/mol. The third-order valence-corrected chi connectivity index (χ3v) is 3.33. The van der Waals surface area contributed by atoms with E-state index in [1.807, 2.05) is 0 Å². The molecule has 0 radical (unpaired) electrons. The van der Waals surface area contributed by atoms with E-state index in [1.165, 1.54) is 12.1 Å². The topological polar surface area (TPSA) is 48.2 Å². The lowest BCUT2D eigenvalue weighted by molar-refractivity contribution is 0.263. The van der Waals surface area contributed by atoms with Gasteiger partial charge < -0.3 is 9.15 Å². The predicted octanol–water partition coefficient (Wildman–Crippen LogP) is 4.76. The molecule has 112 valence electrons. The average Bonchev–Trinajstić information content (AvgIpc) is 2.94. The first-order chi connectivity index (χ1) is 10.6. The van der Waals surface area contributed by atoms with Crippen LogP contribution in [0.15, 0.2) is 46.9 Å². The summed E-state index contributed by atoms with van der Waals surface area (Å²) in [5.74, 6) is 0.519. The number of hydrogen-bond acceptors (Lipinski definition) is 4. The van der Waals surface area contributed by atoms with Crippen molar-refractivity contribution in [1.82, 2.24) is 10.2 Å². The first kappa shape index (κ1) is 14.8. The Morgan fingerprint density at radius 3 is 2.73 bits per heavy atom. The number of halogens is 3. The summed E-state index contributed by atoms with van der Waals surface area (Å²) in [4.78, 5) is 0. The first-order valence-electron chi connectivity index (χ1n) is 6.28. The van der Waals surface area contributed by atoms with Crippen LogP contribution < -0.4 is 4.74 Å².